The summed E-state index contributed by atoms with van der Waals surface area (Å²) < 4.78 is 67.4. The van der Waals surface area contributed by atoms with Gasteiger partial charge in [-0.2, -0.15) is 4.31 Å². The second kappa shape index (κ2) is 9.27. The molecule has 0 aliphatic carbocycles. The van der Waals surface area contributed by atoms with Crippen LogP contribution in [0.2, 0.25) is 0 Å². The number of hydrogen-bond donors (Lipinski definition) is 0. The van der Waals surface area contributed by atoms with Gasteiger partial charge in [0.05, 0.1) is 4.90 Å². The third-order valence-corrected chi connectivity index (χ3v) is 7.05. The van der Waals surface area contributed by atoms with E-state index in [1.807, 2.05) is 37.3 Å². The van der Waals surface area contributed by atoms with Crippen molar-refractivity contribution in [3.05, 3.63) is 60.2 Å². The van der Waals surface area contributed by atoms with E-state index >= 15 is 0 Å². The fourth-order valence-corrected chi connectivity index (χ4v) is 4.85. The number of benzene rings is 2. The third-order valence-electron chi connectivity index (χ3n) is 5.14. The minimum Gasteiger partial charge on any atom is -0.406 e. The number of carbonyl (C=O) groups is 1. The molecule has 1 saturated heterocycles. The van der Waals surface area contributed by atoms with E-state index in [1.165, 1.54) is 4.31 Å². The van der Waals surface area contributed by atoms with Crippen molar-refractivity contribution in [1.82, 2.24) is 9.21 Å². The lowest BCUT2D eigenvalue weighted by Crippen LogP contribution is -2.50. The molecule has 2 aromatic rings. The number of hydrogen-bond acceptors (Lipinski definition) is 4. The van der Waals surface area contributed by atoms with Gasteiger partial charge in [0.25, 0.3) is 0 Å². The lowest BCUT2D eigenvalue weighted by atomic mass is 9.97. The van der Waals surface area contributed by atoms with Crippen molar-refractivity contribution in [3.8, 4) is 5.75 Å². The molecule has 0 N–H and O–H groups in total. The molecule has 1 heterocycles. The van der Waals surface area contributed by atoms with Crippen LogP contribution in [0.25, 0.3) is 0 Å². The summed E-state index contributed by atoms with van der Waals surface area (Å²) in [6.07, 6.45) is -4.52. The fraction of sp³-hybridized carbons (Fsp3) is 0.381. The average molecular weight is 456 g/mol. The summed E-state index contributed by atoms with van der Waals surface area (Å²) in [5.41, 5.74) is 1.06. The zero-order valence-electron chi connectivity index (χ0n) is 16.9. The zero-order chi connectivity index (χ0) is 22.6. The Morgan fingerprint density at radius 2 is 1.58 bits per heavy atom. The Balaban J connectivity index is 1.57. The minimum absolute atomic E-state index is 0.0398. The molecule has 0 radical (unpaired) electrons. The summed E-state index contributed by atoms with van der Waals surface area (Å²) in [6.45, 7) is 2.73. The van der Waals surface area contributed by atoms with Crippen LogP contribution in [0.5, 0.6) is 5.75 Å². The lowest BCUT2D eigenvalue weighted by Gasteiger charge is -2.34. The average Bonchev–Trinajstić information content (AvgIpc) is 2.73. The Labute approximate surface area is 179 Å². The minimum atomic E-state index is -4.85. The number of ether oxygens (including phenoxy) is 1. The summed E-state index contributed by atoms with van der Waals surface area (Å²) in [5, 5.41) is 0. The number of sulfonamides is 1. The topological polar surface area (TPSA) is 66.9 Å². The van der Waals surface area contributed by atoms with Gasteiger partial charge in [-0.1, -0.05) is 37.3 Å². The molecular formula is C21H23F3N2O4S. The van der Waals surface area contributed by atoms with Gasteiger partial charge in [-0.05, 0) is 35.7 Å². The normalized spacial score (nSPS) is 16.7. The van der Waals surface area contributed by atoms with Crippen LogP contribution < -0.4 is 4.74 Å². The van der Waals surface area contributed by atoms with E-state index in [4.69, 9.17) is 0 Å². The first kappa shape index (κ1) is 23.1. The highest BCUT2D eigenvalue weighted by Gasteiger charge is 2.33. The third kappa shape index (κ3) is 5.98. The van der Waals surface area contributed by atoms with Crippen molar-refractivity contribution in [2.24, 2.45) is 0 Å². The smallest absolute Gasteiger partial charge is 0.406 e. The maximum absolute atomic E-state index is 12.8. The monoisotopic (exact) mass is 456 g/mol. The number of halogens is 3. The van der Waals surface area contributed by atoms with Crippen molar-refractivity contribution in [1.29, 1.82) is 0 Å². The first-order valence-corrected chi connectivity index (χ1v) is 11.2. The molecule has 3 rings (SSSR count). The Kier molecular flexibility index (Phi) is 6.90. The molecule has 1 aliphatic rings. The maximum Gasteiger partial charge on any atom is 0.573 e. The molecule has 1 amide bonds. The molecule has 0 aromatic heterocycles. The molecule has 0 bridgehead atoms. The van der Waals surface area contributed by atoms with Gasteiger partial charge >= 0.3 is 6.36 Å². The van der Waals surface area contributed by atoms with Crippen LogP contribution in [-0.4, -0.2) is 56.1 Å². The van der Waals surface area contributed by atoms with Crippen molar-refractivity contribution >= 4 is 15.9 Å². The van der Waals surface area contributed by atoms with Crippen LogP contribution in [0.4, 0.5) is 13.2 Å². The second-order valence-corrected chi connectivity index (χ2v) is 9.26. The van der Waals surface area contributed by atoms with Crippen molar-refractivity contribution < 1.29 is 31.1 Å². The van der Waals surface area contributed by atoms with Gasteiger partial charge < -0.3 is 9.64 Å². The molecule has 0 saturated carbocycles. The Bertz CT molecular complexity index is 988. The molecule has 1 atom stereocenters. The molecule has 2 aromatic carbocycles. The van der Waals surface area contributed by atoms with E-state index in [1.54, 1.807) is 4.90 Å². The summed E-state index contributed by atoms with van der Waals surface area (Å²) in [7, 11) is -3.88. The van der Waals surface area contributed by atoms with E-state index in [-0.39, 0.29) is 42.9 Å². The summed E-state index contributed by atoms with van der Waals surface area (Å²) in [6, 6.07) is 13.8. The Morgan fingerprint density at radius 1 is 1.00 bits per heavy atom. The van der Waals surface area contributed by atoms with Gasteiger partial charge in [0.2, 0.25) is 15.9 Å². The number of rotatable bonds is 6. The number of nitrogens with zero attached hydrogens (tertiary/aromatic N) is 2. The SMILES string of the molecule is C[C@H](CC(=O)N1CCN(S(=O)(=O)c2ccc(OC(F)(F)F)cc2)CC1)c1ccccc1. The lowest BCUT2D eigenvalue weighted by molar-refractivity contribution is -0.274. The van der Waals surface area contributed by atoms with Gasteiger partial charge in [0, 0.05) is 32.6 Å². The van der Waals surface area contributed by atoms with Gasteiger partial charge in [0.1, 0.15) is 5.75 Å². The Morgan fingerprint density at radius 3 is 2.13 bits per heavy atom. The largest absolute Gasteiger partial charge is 0.573 e. The van der Waals surface area contributed by atoms with Crippen molar-refractivity contribution in [2.75, 3.05) is 26.2 Å². The summed E-state index contributed by atoms with van der Waals surface area (Å²) >= 11 is 0. The predicted octanol–water partition coefficient (Wildman–Crippen LogP) is 3.61. The molecule has 10 heteroatoms. The van der Waals surface area contributed by atoms with Crippen molar-refractivity contribution in [3.63, 3.8) is 0 Å². The van der Waals surface area contributed by atoms with Gasteiger partial charge in [0.15, 0.2) is 0 Å². The number of amides is 1. The molecular weight excluding hydrogens is 433 g/mol. The van der Waals surface area contributed by atoms with Crippen LogP contribution in [0.3, 0.4) is 0 Å². The number of alkyl halides is 3. The number of piperazine rings is 1. The maximum atomic E-state index is 12.8. The molecule has 0 spiro atoms. The van der Waals surface area contributed by atoms with Crippen LogP contribution in [0.15, 0.2) is 59.5 Å². The van der Waals surface area contributed by atoms with Crippen LogP contribution in [0.1, 0.15) is 24.8 Å². The molecule has 168 valence electrons. The Hall–Kier alpha value is -2.59. The first-order chi connectivity index (χ1) is 14.6. The number of carbonyl (C=O) groups excluding carboxylic acids is 1. The molecule has 31 heavy (non-hydrogen) atoms. The van der Waals surface area contributed by atoms with Gasteiger partial charge in [-0.3, -0.25) is 4.79 Å². The fourth-order valence-electron chi connectivity index (χ4n) is 3.43. The van der Waals surface area contributed by atoms with Gasteiger partial charge in [-0.25, -0.2) is 8.42 Å². The summed E-state index contributed by atoms with van der Waals surface area (Å²) in [4.78, 5) is 14.1. The van der Waals surface area contributed by atoms with E-state index in [0.29, 0.717) is 6.42 Å². The van der Waals surface area contributed by atoms with Crippen molar-refractivity contribution in [2.45, 2.75) is 30.5 Å². The zero-order valence-corrected chi connectivity index (χ0v) is 17.7. The molecule has 1 aliphatic heterocycles. The van der Waals surface area contributed by atoms with Crippen LogP contribution in [-0.2, 0) is 14.8 Å². The first-order valence-electron chi connectivity index (χ1n) is 9.75. The highest BCUT2D eigenvalue weighted by Crippen LogP contribution is 2.26. The van der Waals surface area contributed by atoms with E-state index in [2.05, 4.69) is 4.74 Å². The highest BCUT2D eigenvalue weighted by molar-refractivity contribution is 7.89. The molecule has 6 nitrogen and oxygen atoms in total. The molecule has 0 unspecified atom stereocenters. The van der Waals surface area contributed by atoms with Crippen LogP contribution >= 0.6 is 0 Å². The second-order valence-electron chi connectivity index (χ2n) is 7.32. The molecule has 1 fully saturated rings. The quantitative estimate of drug-likeness (QED) is 0.666. The van der Waals surface area contributed by atoms with E-state index in [0.717, 1.165) is 29.8 Å². The van der Waals surface area contributed by atoms with Crippen LogP contribution in [0, 0.1) is 0 Å². The van der Waals surface area contributed by atoms with E-state index in [9.17, 15) is 26.4 Å². The van der Waals surface area contributed by atoms with Gasteiger partial charge in [-0.15, -0.1) is 13.2 Å². The standard InChI is InChI=1S/C21H23F3N2O4S/c1-16(17-5-3-2-4-6-17)15-20(27)25-11-13-26(14-12-25)31(28,29)19-9-7-18(8-10-19)30-21(22,23)24/h2-10,16H,11-15H2,1H3/t16-/m1/s1. The predicted molar refractivity (Wildman–Crippen MR) is 108 cm³/mol. The summed E-state index contributed by atoms with van der Waals surface area (Å²) in [5.74, 6) is -0.482. The highest BCUT2D eigenvalue weighted by atomic mass is 32.2. The van der Waals surface area contributed by atoms with E-state index < -0.39 is 22.1 Å².